The molecule has 0 bridgehead atoms. The predicted octanol–water partition coefficient (Wildman–Crippen LogP) is 2.72. The van der Waals surface area contributed by atoms with Crippen LogP contribution < -0.4 is 5.32 Å². The van der Waals surface area contributed by atoms with Crippen LogP contribution in [-0.2, 0) is 9.53 Å². The number of nitrogens with one attached hydrogen (secondary N) is 2. The summed E-state index contributed by atoms with van der Waals surface area (Å²) in [5.41, 5.74) is 6.76. The normalized spacial score (nSPS) is 11.0. The number of carbonyl (C=O) groups excluding carboxylic acids is 2. The summed E-state index contributed by atoms with van der Waals surface area (Å²) >= 11 is 0. The molecule has 0 unspecified atom stereocenters. The molecule has 1 heterocycles. The highest BCUT2D eigenvalue weighted by atomic mass is 16.6. The van der Waals surface area contributed by atoms with E-state index in [0.29, 0.717) is 10.7 Å². The van der Waals surface area contributed by atoms with Crippen molar-refractivity contribution >= 4 is 17.7 Å². The lowest BCUT2D eigenvalue weighted by Gasteiger charge is -2.18. The second-order valence-corrected chi connectivity index (χ2v) is 4.97. The van der Waals surface area contributed by atoms with E-state index in [4.69, 9.17) is 10.3 Å². The Morgan fingerprint density at radius 2 is 2.19 bits per heavy atom. The van der Waals surface area contributed by atoms with Crippen molar-refractivity contribution in [1.29, 1.82) is 5.53 Å². The molecule has 0 spiro atoms. The number of urea groups is 1. The average Bonchev–Trinajstić information content (AvgIpc) is 2.38. The Hall–Kier alpha value is -2.77. The summed E-state index contributed by atoms with van der Waals surface area (Å²) in [6.45, 7) is 5.17. The maximum Gasteiger partial charge on any atom is 0.347 e. The predicted molar refractivity (Wildman–Crippen MR) is 75.2 cm³/mol. The number of pyridine rings is 1. The van der Waals surface area contributed by atoms with Gasteiger partial charge in [-0.2, -0.15) is 10.5 Å². The molecule has 0 radical (unpaired) electrons. The van der Waals surface area contributed by atoms with Crippen LogP contribution in [0.25, 0.3) is 0 Å². The maximum absolute atomic E-state index is 11.8. The van der Waals surface area contributed by atoms with Gasteiger partial charge in [-0.3, -0.25) is 4.98 Å². The number of rotatable bonds is 4. The molecule has 1 aromatic heterocycles. The molecule has 0 saturated heterocycles. The van der Waals surface area contributed by atoms with Crippen LogP contribution in [0, 0.1) is 5.53 Å². The van der Waals surface area contributed by atoms with E-state index in [2.05, 4.69) is 15.5 Å². The van der Waals surface area contributed by atoms with E-state index in [1.165, 1.54) is 6.20 Å². The summed E-state index contributed by atoms with van der Waals surface area (Å²) in [7, 11) is 0. The van der Waals surface area contributed by atoms with Crippen LogP contribution in [0.1, 0.15) is 20.8 Å². The number of anilines is 1. The van der Waals surface area contributed by atoms with Crippen molar-refractivity contribution in [2.45, 2.75) is 26.4 Å². The zero-order chi connectivity index (χ0) is 15.9. The van der Waals surface area contributed by atoms with E-state index in [-0.39, 0.29) is 0 Å². The first-order chi connectivity index (χ1) is 9.81. The van der Waals surface area contributed by atoms with Crippen LogP contribution in [0.2, 0.25) is 0 Å². The van der Waals surface area contributed by atoms with Crippen molar-refractivity contribution in [3.05, 3.63) is 36.8 Å². The first-order valence-electron chi connectivity index (χ1n) is 6.10. The summed E-state index contributed by atoms with van der Waals surface area (Å²) < 4.78 is 5.03. The van der Waals surface area contributed by atoms with Crippen molar-refractivity contribution in [2.75, 3.05) is 5.32 Å². The van der Waals surface area contributed by atoms with Crippen LogP contribution in [0.5, 0.6) is 0 Å². The monoisotopic (exact) mass is 291 g/mol. The number of hydrogen-bond donors (Lipinski definition) is 2. The largest absolute Gasteiger partial charge is 0.457 e. The van der Waals surface area contributed by atoms with Crippen molar-refractivity contribution in [3.8, 4) is 0 Å². The topological polar surface area (TPSA) is 108 Å². The molecule has 1 rings (SSSR count). The van der Waals surface area contributed by atoms with Gasteiger partial charge < -0.3 is 10.1 Å². The lowest BCUT2D eigenvalue weighted by molar-refractivity contribution is -0.148. The fraction of sp³-hybridized carbons (Fsp3) is 0.308. The van der Waals surface area contributed by atoms with Gasteiger partial charge in [0.1, 0.15) is 5.60 Å². The molecule has 0 aliphatic carbocycles. The Kier molecular flexibility index (Phi) is 5.53. The van der Waals surface area contributed by atoms with Crippen LogP contribution >= 0.6 is 0 Å². The standard InChI is InChI=1S/C13H17N5O3/c1-13(2,3)21-11(19)6-8-18(17-14)12(20)16-10-5-4-7-15-9-10/h4-9,14H,1-3H3,(H,16,20)/b8-6-,17-14?. The fourth-order valence-corrected chi connectivity index (χ4v) is 1.23. The van der Waals surface area contributed by atoms with Crippen LogP contribution in [0.15, 0.2) is 42.0 Å². The Morgan fingerprint density at radius 1 is 1.48 bits per heavy atom. The number of hydrogen-bond acceptors (Lipinski definition) is 6. The molecule has 112 valence electrons. The third-order valence-electron chi connectivity index (χ3n) is 1.99. The number of aromatic nitrogens is 1. The van der Waals surface area contributed by atoms with Gasteiger partial charge in [0.25, 0.3) is 0 Å². The Bertz CT molecular complexity index is 536. The van der Waals surface area contributed by atoms with E-state index < -0.39 is 17.6 Å². The van der Waals surface area contributed by atoms with Gasteiger partial charge in [-0.1, -0.05) is 5.22 Å². The minimum absolute atomic E-state index is 0.446. The van der Waals surface area contributed by atoms with Crippen molar-refractivity contribution < 1.29 is 14.3 Å². The molecule has 21 heavy (non-hydrogen) atoms. The highest BCUT2D eigenvalue weighted by Gasteiger charge is 2.15. The number of esters is 1. The molecular formula is C13H17N5O3. The van der Waals surface area contributed by atoms with Crippen molar-refractivity contribution in [3.63, 3.8) is 0 Å². The molecule has 0 aromatic carbocycles. The zero-order valence-corrected chi connectivity index (χ0v) is 12.0. The third kappa shape index (κ3) is 6.28. The molecule has 8 heteroatoms. The number of carbonyl (C=O) groups is 2. The van der Waals surface area contributed by atoms with Crippen LogP contribution in [-0.4, -0.2) is 27.6 Å². The van der Waals surface area contributed by atoms with Crippen molar-refractivity contribution in [1.82, 2.24) is 9.99 Å². The summed E-state index contributed by atoms with van der Waals surface area (Å²) in [5.74, 6) is -0.634. The van der Waals surface area contributed by atoms with Crippen LogP contribution in [0.4, 0.5) is 10.5 Å². The Morgan fingerprint density at radius 3 is 2.71 bits per heavy atom. The van der Waals surface area contributed by atoms with Gasteiger partial charge in [-0.05, 0) is 32.9 Å². The van der Waals surface area contributed by atoms with Gasteiger partial charge >= 0.3 is 12.0 Å². The highest BCUT2D eigenvalue weighted by molar-refractivity contribution is 5.90. The van der Waals surface area contributed by atoms with Crippen LogP contribution in [0.3, 0.4) is 0 Å². The lowest BCUT2D eigenvalue weighted by atomic mass is 10.2. The molecular weight excluding hydrogens is 274 g/mol. The van der Waals surface area contributed by atoms with Gasteiger partial charge in [0.15, 0.2) is 0 Å². The van der Waals surface area contributed by atoms with E-state index >= 15 is 0 Å². The van der Waals surface area contributed by atoms with Gasteiger partial charge in [0, 0.05) is 18.5 Å². The molecule has 0 fully saturated rings. The molecule has 0 aliphatic heterocycles. The van der Waals surface area contributed by atoms with E-state index in [1.807, 2.05) is 0 Å². The van der Waals surface area contributed by atoms with Gasteiger partial charge in [-0.15, -0.1) is 0 Å². The Balaban J connectivity index is 2.64. The molecule has 0 atom stereocenters. The van der Waals surface area contributed by atoms with Gasteiger partial charge in [-0.25, -0.2) is 9.59 Å². The number of amides is 2. The highest BCUT2D eigenvalue weighted by Crippen LogP contribution is 2.08. The summed E-state index contributed by atoms with van der Waals surface area (Å²) in [4.78, 5) is 27.1. The van der Waals surface area contributed by atoms with E-state index in [9.17, 15) is 9.59 Å². The molecule has 2 amide bonds. The molecule has 0 aliphatic rings. The number of nitrogens with zero attached hydrogens (tertiary/aromatic N) is 3. The molecule has 0 saturated carbocycles. The quantitative estimate of drug-likeness (QED) is 0.385. The average molecular weight is 291 g/mol. The second kappa shape index (κ2) is 7.13. The SMILES string of the molecule is CC(C)(C)OC(=O)/C=C\N(N=N)C(=O)Nc1cccnc1. The first-order valence-corrected chi connectivity index (χ1v) is 6.10. The minimum Gasteiger partial charge on any atom is -0.457 e. The maximum atomic E-state index is 11.8. The zero-order valence-electron chi connectivity index (χ0n) is 12.0. The number of ether oxygens (including phenoxy) is 1. The minimum atomic E-state index is -0.696. The summed E-state index contributed by atoms with van der Waals surface area (Å²) in [6, 6.07) is 2.58. The molecule has 8 nitrogen and oxygen atoms in total. The molecule has 2 N–H and O–H groups in total. The van der Waals surface area contributed by atoms with Gasteiger partial charge in [0.05, 0.1) is 11.9 Å². The van der Waals surface area contributed by atoms with Crippen molar-refractivity contribution in [2.24, 2.45) is 5.22 Å². The van der Waals surface area contributed by atoms with E-state index in [0.717, 1.165) is 12.3 Å². The van der Waals surface area contributed by atoms with Gasteiger partial charge in [0.2, 0.25) is 0 Å². The second-order valence-electron chi connectivity index (χ2n) is 4.97. The first kappa shape index (κ1) is 16.3. The fourth-order valence-electron chi connectivity index (χ4n) is 1.23. The summed E-state index contributed by atoms with van der Waals surface area (Å²) in [6.07, 6.45) is 5.07. The van der Waals surface area contributed by atoms with E-state index in [1.54, 1.807) is 39.1 Å². The smallest absolute Gasteiger partial charge is 0.347 e. The lowest BCUT2D eigenvalue weighted by Crippen LogP contribution is -2.27. The molecule has 1 aromatic rings. The summed E-state index contributed by atoms with van der Waals surface area (Å²) in [5, 5.41) is 6.14. The Labute approximate surface area is 122 Å². The third-order valence-corrected chi connectivity index (χ3v) is 1.99.